The summed E-state index contributed by atoms with van der Waals surface area (Å²) in [6.07, 6.45) is 4.58. The van der Waals surface area contributed by atoms with Crippen molar-refractivity contribution >= 4 is 12.4 Å². The molecule has 0 saturated heterocycles. The third-order valence-electron chi connectivity index (χ3n) is 4.38. The summed E-state index contributed by atoms with van der Waals surface area (Å²) in [5.41, 5.74) is 8.52. The van der Waals surface area contributed by atoms with Crippen molar-refractivity contribution in [1.29, 1.82) is 0 Å². The van der Waals surface area contributed by atoms with Gasteiger partial charge in [-0.15, -0.1) is 12.4 Å². The molecule has 0 saturated carbocycles. The van der Waals surface area contributed by atoms with E-state index in [2.05, 4.69) is 46.2 Å². The van der Waals surface area contributed by atoms with Crippen molar-refractivity contribution in [2.75, 3.05) is 6.54 Å². The summed E-state index contributed by atoms with van der Waals surface area (Å²) in [5, 5.41) is 4.04. The van der Waals surface area contributed by atoms with Gasteiger partial charge in [0.25, 0.3) is 0 Å². The number of hydrogen-bond acceptors (Lipinski definition) is 5. The Morgan fingerprint density at radius 2 is 2.09 bits per heavy atom. The highest BCUT2D eigenvalue weighted by Crippen LogP contribution is 2.25. The molecule has 2 N–H and O–H groups in total. The summed E-state index contributed by atoms with van der Waals surface area (Å²) < 4.78 is 5.12. The molecule has 2 aromatic rings. The van der Waals surface area contributed by atoms with E-state index in [1.54, 1.807) is 0 Å². The lowest BCUT2D eigenvalue weighted by atomic mass is 9.87. The van der Waals surface area contributed by atoms with Gasteiger partial charge < -0.3 is 10.3 Å². The number of benzene rings is 1. The van der Waals surface area contributed by atoms with Crippen LogP contribution >= 0.6 is 12.4 Å². The van der Waals surface area contributed by atoms with Crippen molar-refractivity contribution < 1.29 is 4.52 Å². The van der Waals surface area contributed by atoms with E-state index in [4.69, 9.17) is 10.3 Å². The Hall–Kier alpha value is -1.43. The predicted octanol–water partition coefficient (Wildman–Crippen LogP) is 2.72. The number of hydrogen-bond donors (Lipinski definition) is 1. The molecule has 1 atom stereocenters. The van der Waals surface area contributed by atoms with Gasteiger partial charge in [-0.25, -0.2) is 0 Å². The lowest BCUT2D eigenvalue weighted by Crippen LogP contribution is -2.39. The molecule has 1 aliphatic carbocycles. The van der Waals surface area contributed by atoms with Crippen LogP contribution in [0.3, 0.4) is 0 Å². The van der Waals surface area contributed by atoms with Gasteiger partial charge in [0.2, 0.25) is 5.89 Å². The zero-order chi connectivity index (χ0) is 15.4. The summed E-state index contributed by atoms with van der Waals surface area (Å²) in [7, 11) is 0. The quantitative estimate of drug-likeness (QED) is 0.878. The van der Waals surface area contributed by atoms with Crippen LogP contribution in [0.15, 0.2) is 28.8 Å². The summed E-state index contributed by atoms with van der Waals surface area (Å²) in [4.78, 5) is 6.83. The molecule has 1 unspecified atom stereocenters. The first-order valence-electron chi connectivity index (χ1n) is 8.12. The molecule has 0 fully saturated rings. The normalized spacial score (nSPS) is 16.9. The number of nitrogens with two attached hydrogens (primary N) is 1. The molecule has 1 aromatic heterocycles. The molecule has 126 valence electrons. The molecular formula is C17H25ClN4O. The maximum Gasteiger partial charge on any atom is 0.240 e. The highest BCUT2D eigenvalue weighted by molar-refractivity contribution is 5.85. The summed E-state index contributed by atoms with van der Waals surface area (Å²) in [6, 6.07) is 9.33. The first kappa shape index (κ1) is 17.9. The first-order chi connectivity index (χ1) is 10.8. The number of fused-ring (bicyclic) bond motifs is 1. The van der Waals surface area contributed by atoms with Gasteiger partial charge in [-0.2, -0.15) is 4.98 Å². The lowest BCUT2D eigenvalue weighted by Gasteiger charge is -2.34. The monoisotopic (exact) mass is 336 g/mol. The molecule has 0 spiro atoms. The van der Waals surface area contributed by atoms with E-state index < -0.39 is 0 Å². The number of rotatable bonds is 6. The van der Waals surface area contributed by atoms with Gasteiger partial charge in [-0.1, -0.05) is 36.3 Å². The van der Waals surface area contributed by atoms with Crippen LogP contribution in [0, 0.1) is 0 Å². The minimum absolute atomic E-state index is 0. The molecule has 0 amide bonds. The number of halogens is 1. The van der Waals surface area contributed by atoms with Crippen LogP contribution in [0.4, 0.5) is 0 Å². The molecule has 0 radical (unpaired) electrons. The minimum Gasteiger partial charge on any atom is -0.338 e. The van der Waals surface area contributed by atoms with E-state index in [0.29, 0.717) is 18.5 Å². The van der Waals surface area contributed by atoms with Crippen molar-refractivity contribution in [2.45, 2.75) is 51.7 Å². The maximum atomic E-state index is 5.54. The second kappa shape index (κ2) is 8.43. The molecular weight excluding hydrogens is 312 g/mol. The number of nitrogens with zero attached hydrogens (tertiary/aromatic N) is 3. The number of aromatic nitrogens is 2. The van der Waals surface area contributed by atoms with E-state index in [-0.39, 0.29) is 12.4 Å². The van der Waals surface area contributed by atoms with Crippen LogP contribution in [0.5, 0.6) is 0 Å². The summed E-state index contributed by atoms with van der Waals surface area (Å²) in [5.74, 6) is 1.26. The van der Waals surface area contributed by atoms with Gasteiger partial charge >= 0.3 is 0 Å². The van der Waals surface area contributed by atoms with E-state index in [1.807, 2.05) is 0 Å². The Morgan fingerprint density at radius 3 is 2.78 bits per heavy atom. The van der Waals surface area contributed by atoms with Gasteiger partial charge in [0.1, 0.15) is 0 Å². The molecule has 0 bridgehead atoms. The average molecular weight is 337 g/mol. The van der Waals surface area contributed by atoms with Crippen LogP contribution in [0.2, 0.25) is 0 Å². The third kappa shape index (κ3) is 4.31. The minimum atomic E-state index is 0. The molecule has 1 aliphatic rings. The van der Waals surface area contributed by atoms with Crippen molar-refractivity contribution in [3.8, 4) is 0 Å². The van der Waals surface area contributed by atoms with Crippen LogP contribution in [0.25, 0.3) is 0 Å². The number of aryl methyl sites for hydroxylation is 1. The van der Waals surface area contributed by atoms with Gasteiger partial charge in [0.05, 0.1) is 13.1 Å². The van der Waals surface area contributed by atoms with E-state index >= 15 is 0 Å². The van der Waals surface area contributed by atoms with Crippen molar-refractivity contribution in [3.63, 3.8) is 0 Å². The Balaban J connectivity index is 0.00000192. The first-order valence-corrected chi connectivity index (χ1v) is 8.12. The van der Waals surface area contributed by atoms with Gasteiger partial charge in [0.15, 0.2) is 5.82 Å². The van der Waals surface area contributed by atoms with E-state index in [9.17, 15) is 0 Å². The van der Waals surface area contributed by atoms with Crippen LogP contribution in [0.1, 0.15) is 42.6 Å². The maximum absolute atomic E-state index is 5.54. The largest absolute Gasteiger partial charge is 0.338 e. The molecule has 0 aliphatic heterocycles. The predicted molar refractivity (Wildman–Crippen MR) is 92.4 cm³/mol. The fraction of sp³-hybridized carbons (Fsp3) is 0.529. The summed E-state index contributed by atoms with van der Waals surface area (Å²) in [6.45, 7) is 4.31. The molecule has 23 heavy (non-hydrogen) atoms. The topological polar surface area (TPSA) is 68.2 Å². The standard InChI is InChI=1S/C17H24N4O.ClH/c1-2-9-21(12-16-19-17(11-18)22-20-16)15-8-7-13-5-3-4-6-14(13)10-15;/h3-6,15H,2,7-12,18H2,1H3;1H. The third-order valence-corrected chi connectivity index (χ3v) is 4.38. The summed E-state index contributed by atoms with van der Waals surface area (Å²) >= 11 is 0. The highest BCUT2D eigenvalue weighted by Gasteiger charge is 2.24. The average Bonchev–Trinajstić information content (AvgIpc) is 3.02. The Labute approximate surface area is 143 Å². The second-order valence-corrected chi connectivity index (χ2v) is 5.94. The lowest BCUT2D eigenvalue weighted by molar-refractivity contribution is 0.165. The zero-order valence-electron chi connectivity index (χ0n) is 13.6. The smallest absolute Gasteiger partial charge is 0.240 e. The van der Waals surface area contributed by atoms with Crippen LogP contribution in [-0.4, -0.2) is 27.6 Å². The SMILES string of the molecule is CCCN(Cc1noc(CN)n1)C1CCc2ccccc2C1.Cl. The van der Waals surface area contributed by atoms with Crippen molar-refractivity contribution in [3.05, 3.63) is 47.1 Å². The molecule has 1 heterocycles. The Morgan fingerprint density at radius 1 is 1.30 bits per heavy atom. The van der Waals surface area contributed by atoms with E-state index in [0.717, 1.165) is 38.2 Å². The van der Waals surface area contributed by atoms with Crippen molar-refractivity contribution in [2.24, 2.45) is 5.73 Å². The molecule has 6 heteroatoms. The molecule has 3 rings (SSSR count). The van der Waals surface area contributed by atoms with Gasteiger partial charge in [-0.05, 0) is 43.4 Å². The second-order valence-electron chi connectivity index (χ2n) is 5.94. The molecule has 1 aromatic carbocycles. The van der Waals surface area contributed by atoms with Crippen LogP contribution < -0.4 is 5.73 Å². The van der Waals surface area contributed by atoms with Gasteiger partial charge in [0, 0.05) is 6.04 Å². The Kier molecular flexibility index (Phi) is 6.57. The fourth-order valence-corrected chi connectivity index (χ4v) is 3.29. The van der Waals surface area contributed by atoms with Gasteiger partial charge in [-0.3, -0.25) is 4.90 Å². The Bertz CT molecular complexity index is 616. The highest BCUT2D eigenvalue weighted by atomic mass is 35.5. The zero-order valence-corrected chi connectivity index (χ0v) is 14.4. The molecule has 5 nitrogen and oxygen atoms in total. The fourth-order valence-electron chi connectivity index (χ4n) is 3.29. The van der Waals surface area contributed by atoms with E-state index in [1.165, 1.54) is 17.5 Å². The van der Waals surface area contributed by atoms with Crippen molar-refractivity contribution in [1.82, 2.24) is 15.0 Å². The van der Waals surface area contributed by atoms with Crippen LogP contribution in [-0.2, 0) is 25.9 Å².